The zero-order valence-corrected chi connectivity index (χ0v) is 19.6. The molecule has 0 spiro atoms. The molecule has 2 atom stereocenters. The summed E-state index contributed by atoms with van der Waals surface area (Å²) in [5.74, 6) is -0.209. The maximum absolute atomic E-state index is 13.3. The number of hydrogen-bond acceptors (Lipinski definition) is 5. The first-order valence-corrected chi connectivity index (χ1v) is 12.4. The van der Waals surface area contributed by atoms with E-state index in [-0.39, 0.29) is 36.1 Å². The number of fused-ring (bicyclic) bond motifs is 1. The van der Waals surface area contributed by atoms with E-state index >= 15 is 0 Å². The molecule has 1 aliphatic carbocycles. The fraction of sp³-hybridized carbons (Fsp3) is 0.500. The number of carbonyl (C=O) groups is 4. The Morgan fingerprint density at radius 2 is 1.82 bits per heavy atom. The van der Waals surface area contributed by atoms with Crippen LogP contribution in [0, 0.1) is 11.8 Å². The second kappa shape index (κ2) is 10.4. The van der Waals surface area contributed by atoms with Gasteiger partial charge in [-0.25, -0.2) is 4.79 Å². The highest BCUT2D eigenvalue weighted by Gasteiger charge is 2.48. The van der Waals surface area contributed by atoms with Crippen LogP contribution < -0.4 is 10.6 Å². The van der Waals surface area contributed by atoms with Crippen LogP contribution in [0.25, 0.3) is 0 Å². The van der Waals surface area contributed by atoms with E-state index in [2.05, 4.69) is 10.6 Å². The molecule has 5 amide bonds. The minimum absolute atomic E-state index is 0.00258. The normalized spacial score (nSPS) is 26.8. The van der Waals surface area contributed by atoms with Gasteiger partial charge < -0.3 is 15.5 Å². The van der Waals surface area contributed by atoms with Crippen LogP contribution >= 0.6 is 11.8 Å². The van der Waals surface area contributed by atoms with E-state index in [0.29, 0.717) is 13.1 Å². The maximum Gasteiger partial charge on any atom is 0.327 e. The number of nitrogens with one attached hydrogen (secondary N) is 2. The Kier molecular flexibility index (Phi) is 7.37. The predicted molar refractivity (Wildman–Crippen MR) is 126 cm³/mol. The summed E-state index contributed by atoms with van der Waals surface area (Å²) in [6.45, 7) is 0.632. The molecule has 4 rings (SSSR count). The quantitative estimate of drug-likeness (QED) is 0.636. The van der Waals surface area contributed by atoms with Gasteiger partial charge in [-0.15, -0.1) is 11.8 Å². The Bertz CT molecular complexity index is 930. The van der Waals surface area contributed by atoms with Crippen LogP contribution in [0.15, 0.2) is 41.8 Å². The van der Waals surface area contributed by atoms with Crippen molar-refractivity contribution in [2.24, 2.45) is 11.8 Å². The Labute approximate surface area is 198 Å². The van der Waals surface area contributed by atoms with Crippen LogP contribution in [0.2, 0.25) is 0 Å². The van der Waals surface area contributed by atoms with E-state index in [1.54, 1.807) is 7.05 Å². The summed E-state index contributed by atoms with van der Waals surface area (Å²) >= 11 is 1.40. The average Bonchev–Trinajstić information content (AvgIpc) is 3.34. The van der Waals surface area contributed by atoms with Gasteiger partial charge in [-0.3, -0.25) is 19.3 Å². The molecule has 0 radical (unpaired) electrons. The van der Waals surface area contributed by atoms with Crippen molar-refractivity contribution in [1.29, 1.82) is 0 Å². The lowest BCUT2D eigenvalue weighted by Gasteiger charge is -2.42. The first kappa shape index (κ1) is 23.4. The largest absolute Gasteiger partial charge is 0.359 e. The molecule has 2 N–H and O–H groups in total. The van der Waals surface area contributed by atoms with Crippen molar-refractivity contribution in [2.75, 3.05) is 20.1 Å². The highest BCUT2D eigenvalue weighted by molar-refractivity contribution is 8.03. The molecule has 2 aliphatic heterocycles. The number of carbonyl (C=O) groups excluding carboxylic acids is 4. The van der Waals surface area contributed by atoms with E-state index in [0.717, 1.165) is 31.2 Å². The van der Waals surface area contributed by atoms with E-state index in [1.807, 2.05) is 41.8 Å². The molecule has 0 aromatic heterocycles. The lowest BCUT2D eigenvalue weighted by atomic mass is 9.81. The van der Waals surface area contributed by atoms with Crippen LogP contribution in [0.3, 0.4) is 0 Å². The molecule has 0 bridgehead atoms. The third kappa shape index (κ3) is 5.24. The monoisotopic (exact) mass is 470 g/mol. The van der Waals surface area contributed by atoms with Crippen molar-refractivity contribution in [3.63, 3.8) is 0 Å². The topological polar surface area (TPSA) is 98.8 Å². The third-order valence-corrected chi connectivity index (χ3v) is 7.80. The van der Waals surface area contributed by atoms with Gasteiger partial charge in [0.05, 0.1) is 6.04 Å². The highest BCUT2D eigenvalue weighted by atomic mass is 32.2. The van der Waals surface area contributed by atoms with Crippen molar-refractivity contribution in [3.05, 3.63) is 47.4 Å². The average molecular weight is 471 g/mol. The number of nitrogens with zero attached hydrogens (tertiary/aromatic N) is 2. The van der Waals surface area contributed by atoms with Crippen LogP contribution in [0.1, 0.15) is 31.2 Å². The number of thioether (sulfide) groups is 1. The Morgan fingerprint density at radius 3 is 2.52 bits per heavy atom. The van der Waals surface area contributed by atoms with Crippen LogP contribution in [-0.2, 0) is 20.9 Å². The summed E-state index contributed by atoms with van der Waals surface area (Å²) in [6, 6.07) is 8.78. The molecule has 1 saturated carbocycles. The highest BCUT2D eigenvalue weighted by Crippen LogP contribution is 2.36. The molecule has 9 heteroatoms. The number of hydrogen-bond donors (Lipinski definition) is 2. The lowest BCUT2D eigenvalue weighted by molar-refractivity contribution is -0.134. The number of amides is 5. The van der Waals surface area contributed by atoms with Crippen molar-refractivity contribution in [2.45, 2.75) is 43.5 Å². The summed E-state index contributed by atoms with van der Waals surface area (Å²) in [5.41, 5.74) is 0.981. The Hall–Kier alpha value is -2.81. The lowest BCUT2D eigenvalue weighted by Crippen LogP contribution is -2.63. The SMILES string of the molecule is CNC(=O)C1CCC(CN2C(=O)C3SC=CC3N(CC(=O)NCc3ccccc3)C2=O)CC1. The zero-order valence-electron chi connectivity index (χ0n) is 18.7. The molecule has 1 aromatic rings. The van der Waals surface area contributed by atoms with E-state index < -0.39 is 17.3 Å². The smallest absolute Gasteiger partial charge is 0.327 e. The molecule has 3 aliphatic rings. The van der Waals surface area contributed by atoms with E-state index in [1.165, 1.54) is 21.6 Å². The summed E-state index contributed by atoms with van der Waals surface area (Å²) < 4.78 is 0. The standard InChI is InChI=1S/C24H30N4O4S/c1-25-22(30)18-9-7-17(8-10-18)14-28-23(31)21-19(11-12-33-21)27(24(28)32)15-20(29)26-13-16-5-3-2-4-6-16/h2-6,11-12,17-19,21H,7-10,13-15H2,1H3,(H,25,30)(H,26,29). The van der Waals surface area contributed by atoms with E-state index in [4.69, 9.17) is 0 Å². The molecule has 33 heavy (non-hydrogen) atoms. The maximum atomic E-state index is 13.3. The van der Waals surface area contributed by atoms with Crippen LogP contribution in [0.4, 0.5) is 4.79 Å². The van der Waals surface area contributed by atoms with Gasteiger partial charge in [-0.05, 0) is 42.6 Å². The molecule has 2 fully saturated rings. The number of rotatable bonds is 7. The minimum atomic E-state index is -0.410. The van der Waals surface area contributed by atoms with Gasteiger partial charge in [-0.2, -0.15) is 0 Å². The summed E-state index contributed by atoms with van der Waals surface area (Å²) in [5, 5.41) is 7.00. The van der Waals surface area contributed by atoms with Gasteiger partial charge in [0.25, 0.3) is 0 Å². The van der Waals surface area contributed by atoms with Crippen molar-refractivity contribution in [1.82, 2.24) is 20.4 Å². The van der Waals surface area contributed by atoms with Gasteiger partial charge >= 0.3 is 6.03 Å². The first-order valence-electron chi connectivity index (χ1n) is 11.4. The minimum Gasteiger partial charge on any atom is -0.359 e. The van der Waals surface area contributed by atoms with Crippen LogP contribution in [-0.4, -0.2) is 65.0 Å². The van der Waals surface area contributed by atoms with Gasteiger partial charge in [0.15, 0.2) is 0 Å². The number of benzene rings is 1. The molecule has 8 nitrogen and oxygen atoms in total. The molecular formula is C24H30N4O4S. The predicted octanol–water partition coefficient (Wildman–Crippen LogP) is 2.12. The van der Waals surface area contributed by atoms with Gasteiger partial charge in [0.2, 0.25) is 17.7 Å². The van der Waals surface area contributed by atoms with Crippen molar-refractivity contribution >= 4 is 35.5 Å². The number of urea groups is 1. The fourth-order valence-corrected chi connectivity index (χ4v) is 5.88. The van der Waals surface area contributed by atoms with Gasteiger partial charge in [0, 0.05) is 26.1 Å². The van der Waals surface area contributed by atoms with Gasteiger partial charge in [-0.1, -0.05) is 36.4 Å². The molecule has 2 unspecified atom stereocenters. The fourth-order valence-electron chi connectivity index (χ4n) is 4.81. The summed E-state index contributed by atoms with van der Waals surface area (Å²) in [4.78, 5) is 53.8. The second-order valence-corrected chi connectivity index (χ2v) is 9.88. The third-order valence-electron chi connectivity index (χ3n) is 6.71. The Balaban J connectivity index is 1.38. The van der Waals surface area contributed by atoms with Crippen molar-refractivity contribution in [3.8, 4) is 0 Å². The molecular weight excluding hydrogens is 440 g/mol. The molecule has 176 valence electrons. The van der Waals surface area contributed by atoms with Crippen molar-refractivity contribution < 1.29 is 19.2 Å². The second-order valence-electron chi connectivity index (χ2n) is 8.83. The first-order chi connectivity index (χ1) is 16.0. The molecule has 1 saturated heterocycles. The summed E-state index contributed by atoms with van der Waals surface area (Å²) in [7, 11) is 1.65. The van der Waals surface area contributed by atoms with Crippen LogP contribution in [0.5, 0.6) is 0 Å². The Morgan fingerprint density at radius 1 is 1.09 bits per heavy atom. The molecule has 2 heterocycles. The summed E-state index contributed by atoms with van der Waals surface area (Å²) in [6.07, 6.45) is 4.95. The zero-order chi connectivity index (χ0) is 23.4. The van der Waals surface area contributed by atoms with E-state index in [9.17, 15) is 19.2 Å². The number of imide groups is 1. The molecule has 1 aromatic carbocycles. The van der Waals surface area contributed by atoms with Gasteiger partial charge in [0.1, 0.15) is 11.8 Å².